The van der Waals surface area contributed by atoms with E-state index >= 15 is 0 Å². The van der Waals surface area contributed by atoms with Gasteiger partial charge in [-0.2, -0.15) is 0 Å². The minimum absolute atomic E-state index is 0.0991. The third-order valence-corrected chi connectivity index (χ3v) is 2.78. The van der Waals surface area contributed by atoms with Crippen LogP contribution in [0.2, 0.25) is 0 Å². The van der Waals surface area contributed by atoms with E-state index in [0.29, 0.717) is 17.4 Å². The summed E-state index contributed by atoms with van der Waals surface area (Å²) < 4.78 is 5.63. The van der Waals surface area contributed by atoms with Gasteiger partial charge in [0.05, 0.1) is 0 Å². The molecule has 0 radical (unpaired) electrons. The van der Waals surface area contributed by atoms with Crippen molar-refractivity contribution in [2.75, 3.05) is 17.7 Å². The molecule has 110 valence electrons. The molecule has 6 nitrogen and oxygen atoms in total. The number of rotatable bonds is 5. The van der Waals surface area contributed by atoms with Gasteiger partial charge in [-0.3, -0.25) is 4.79 Å². The SMILES string of the molecule is CNc1ccc(Oc2cc(NC(=O)C(C)C)ncn2)cc1. The third-order valence-electron chi connectivity index (χ3n) is 2.78. The standard InChI is InChI=1S/C15H18N4O2/c1-10(2)15(20)19-13-8-14(18-9-17-13)21-12-6-4-11(16-3)5-7-12/h4-10,16H,1-3H3,(H,17,18,19,20). The Labute approximate surface area is 123 Å². The fourth-order valence-corrected chi connectivity index (χ4v) is 1.54. The molecule has 0 aliphatic carbocycles. The second-order valence-electron chi connectivity index (χ2n) is 4.76. The predicted molar refractivity (Wildman–Crippen MR) is 81.6 cm³/mol. The summed E-state index contributed by atoms with van der Waals surface area (Å²) in [7, 11) is 1.85. The van der Waals surface area contributed by atoms with Gasteiger partial charge in [0.1, 0.15) is 17.9 Å². The lowest BCUT2D eigenvalue weighted by molar-refractivity contribution is -0.118. The van der Waals surface area contributed by atoms with Gasteiger partial charge in [0.15, 0.2) is 0 Å². The minimum Gasteiger partial charge on any atom is -0.439 e. The summed E-state index contributed by atoms with van der Waals surface area (Å²) in [6.45, 7) is 3.63. The molecule has 0 bridgehead atoms. The average Bonchev–Trinajstić information content (AvgIpc) is 2.48. The molecule has 6 heteroatoms. The predicted octanol–water partition coefficient (Wildman–Crippen LogP) is 2.91. The van der Waals surface area contributed by atoms with E-state index in [1.807, 2.05) is 45.2 Å². The maximum atomic E-state index is 11.6. The third kappa shape index (κ3) is 4.17. The lowest BCUT2D eigenvalue weighted by Gasteiger charge is -2.09. The first-order chi connectivity index (χ1) is 10.1. The van der Waals surface area contributed by atoms with Crippen molar-refractivity contribution in [1.29, 1.82) is 0 Å². The first-order valence-corrected chi connectivity index (χ1v) is 6.67. The molecule has 1 heterocycles. The van der Waals surface area contributed by atoms with Gasteiger partial charge in [-0.05, 0) is 24.3 Å². The number of amides is 1. The number of aromatic nitrogens is 2. The van der Waals surface area contributed by atoms with Gasteiger partial charge in [-0.25, -0.2) is 9.97 Å². The van der Waals surface area contributed by atoms with Crippen LogP contribution >= 0.6 is 0 Å². The molecule has 0 atom stereocenters. The fourth-order valence-electron chi connectivity index (χ4n) is 1.54. The molecular formula is C15H18N4O2. The summed E-state index contributed by atoms with van der Waals surface area (Å²) in [5.41, 5.74) is 0.995. The van der Waals surface area contributed by atoms with E-state index in [-0.39, 0.29) is 11.8 Å². The molecule has 1 amide bonds. The minimum atomic E-state index is -0.113. The van der Waals surface area contributed by atoms with Crippen molar-refractivity contribution >= 4 is 17.4 Å². The summed E-state index contributed by atoms with van der Waals surface area (Å²) in [4.78, 5) is 19.7. The number of nitrogens with one attached hydrogen (secondary N) is 2. The molecule has 2 aromatic rings. The van der Waals surface area contributed by atoms with E-state index in [1.54, 1.807) is 6.07 Å². The number of hydrogen-bond acceptors (Lipinski definition) is 5. The number of carbonyl (C=O) groups excluding carboxylic acids is 1. The van der Waals surface area contributed by atoms with Gasteiger partial charge in [0.25, 0.3) is 0 Å². The Morgan fingerprint density at radius 1 is 1.19 bits per heavy atom. The first-order valence-electron chi connectivity index (χ1n) is 6.67. The van der Waals surface area contributed by atoms with Crippen molar-refractivity contribution in [3.8, 4) is 11.6 Å². The van der Waals surface area contributed by atoms with Crippen LogP contribution in [0.15, 0.2) is 36.7 Å². The molecule has 0 spiro atoms. The number of nitrogens with zero attached hydrogens (tertiary/aromatic N) is 2. The highest BCUT2D eigenvalue weighted by Gasteiger charge is 2.09. The normalized spacial score (nSPS) is 10.3. The Morgan fingerprint density at radius 3 is 2.52 bits per heavy atom. The van der Waals surface area contributed by atoms with Crippen molar-refractivity contribution in [3.63, 3.8) is 0 Å². The molecule has 0 aliphatic heterocycles. The van der Waals surface area contributed by atoms with Crippen LogP contribution in [0.1, 0.15) is 13.8 Å². The molecule has 0 aliphatic rings. The molecule has 0 unspecified atom stereocenters. The largest absolute Gasteiger partial charge is 0.439 e. The zero-order valence-electron chi connectivity index (χ0n) is 12.3. The van der Waals surface area contributed by atoms with E-state index in [9.17, 15) is 4.79 Å². The van der Waals surface area contributed by atoms with Crippen molar-refractivity contribution in [2.24, 2.45) is 5.92 Å². The van der Waals surface area contributed by atoms with Crippen molar-refractivity contribution in [3.05, 3.63) is 36.7 Å². The smallest absolute Gasteiger partial charge is 0.228 e. The maximum Gasteiger partial charge on any atom is 0.228 e. The summed E-state index contributed by atoms with van der Waals surface area (Å²) in [6.07, 6.45) is 1.35. The number of hydrogen-bond donors (Lipinski definition) is 2. The maximum absolute atomic E-state index is 11.6. The Kier molecular flexibility index (Phi) is 4.71. The van der Waals surface area contributed by atoms with Gasteiger partial charge >= 0.3 is 0 Å². The quantitative estimate of drug-likeness (QED) is 0.883. The molecule has 0 saturated carbocycles. The first kappa shape index (κ1) is 14.8. The lowest BCUT2D eigenvalue weighted by Crippen LogP contribution is -2.18. The Bertz CT molecular complexity index is 611. The Hall–Kier alpha value is -2.63. The van der Waals surface area contributed by atoms with Crippen molar-refractivity contribution in [1.82, 2.24) is 9.97 Å². The number of anilines is 2. The second kappa shape index (κ2) is 6.69. The summed E-state index contributed by atoms with van der Waals surface area (Å²) in [5, 5.41) is 5.74. The van der Waals surface area contributed by atoms with Crippen LogP contribution in [0.4, 0.5) is 11.5 Å². The van der Waals surface area contributed by atoms with Crippen LogP contribution in [0.3, 0.4) is 0 Å². The number of benzene rings is 1. The van der Waals surface area contributed by atoms with Crippen LogP contribution in [0, 0.1) is 5.92 Å². The van der Waals surface area contributed by atoms with Crippen molar-refractivity contribution in [2.45, 2.75) is 13.8 Å². The van der Waals surface area contributed by atoms with Crippen LogP contribution in [0.25, 0.3) is 0 Å². The van der Waals surface area contributed by atoms with Gasteiger partial charge < -0.3 is 15.4 Å². The zero-order valence-corrected chi connectivity index (χ0v) is 12.3. The van der Waals surface area contributed by atoms with E-state index in [1.165, 1.54) is 6.33 Å². The summed E-state index contributed by atoms with van der Waals surface area (Å²) in [6, 6.07) is 9.06. The monoisotopic (exact) mass is 286 g/mol. The fraction of sp³-hybridized carbons (Fsp3) is 0.267. The summed E-state index contributed by atoms with van der Waals surface area (Å²) >= 11 is 0. The molecule has 0 saturated heterocycles. The van der Waals surface area contributed by atoms with E-state index < -0.39 is 0 Å². The van der Waals surface area contributed by atoms with Crippen LogP contribution < -0.4 is 15.4 Å². The second-order valence-corrected chi connectivity index (χ2v) is 4.76. The van der Waals surface area contributed by atoms with E-state index in [2.05, 4.69) is 20.6 Å². The highest BCUT2D eigenvalue weighted by molar-refractivity contribution is 5.91. The zero-order chi connectivity index (χ0) is 15.2. The number of ether oxygens (including phenoxy) is 1. The molecule has 2 rings (SSSR count). The summed E-state index contributed by atoms with van der Waals surface area (Å²) in [5.74, 6) is 1.25. The highest BCUT2D eigenvalue weighted by atomic mass is 16.5. The topological polar surface area (TPSA) is 76.1 Å². The molecule has 21 heavy (non-hydrogen) atoms. The van der Waals surface area contributed by atoms with Gasteiger partial charge in [0.2, 0.25) is 11.8 Å². The van der Waals surface area contributed by atoms with Gasteiger partial charge in [0, 0.05) is 24.7 Å². The number of carbonyl (C=O) groups is 1. The Balaban J connectivity index is 2.08. The Morgan fingerprint density at radius 2 is 1.90 bits per heavy atom. The van der Waals surface area contributed by atoms with E-state index in [4.69, 9.17) is 4.74 Å². The van der Waals surface area contributed by atoms with Gasteiger partial charge in [-0.1, -0.05) is 13.8 Å². The van der Waals surface area contributed by atoms with Gasteiger partial charge in [-0.15, -0.1) is 0 Å². The lowest BCUT2D eigenvalue weighted by atomic mass is 10.2. The molecule has 1 aromatic carbocycles. The highest BCUT2D eigenvalue weighted by Crippen LogP contribution is 2.22. The van der Waals surface area contributed by atoms with Crippen LogP contribution in [-0.4, -0.2) is 22.9 Å². The van der Waals surface area contributed by atoms with Crippen molar-refractivity contribution < 1.29 is 9.53 Å². The molecule has 0 fully saturated rings. The average molecular weight is 286 g/mol. The van der Waals surface area contributed by atoms with E-state index in [0.717, 1.165) is 5.69 Å². The molecular weight excluding hydrogens is 268 g/mol. The van der Waals surface area contributed by atoms with Crippen LogP contribution in [-0.2, 0) is 4.79 Å². The van der Waals surface area contributed by atoms with Crippen LogP contribution in [0.5, 0.6) is 11.6 Å². The molecule has 1 aromatic heterocycles. The molecule has 2 N–H and O–H groups in total.